The summed E-state index contributed by atoms with van der Waals surface area (Å²) in [6.45, 7) is 7.29. The summed E-state index contributed by atoms with van der Waals surface area (Å²) in [5.41, 5.74) is 0.512. The van der Waals surface area contributed by atoms with Gasteiger partial charge in [-0.2, -0.15) is 0 Å². The molecule has 116 valence electrons. The summed E-state index contributed by atoms with van der Waals surface area (Å²) in [6, 6.07) is 3.74. The van der Waals surface area contributed by atoms with Gasteiger partial charge in [0.2, 0.25) is 0 Å². The van der Waals surface area contributed by atoms with Gasteiger partial charge in [0.1, 0.15) is 11.6 Å². The topological polar surface area (TPSA) is 27.6 Å². The molecule has 1 fully saturated rings. The van der Waals surface area contributed by atoms with Crippen LogP contribution in [0.2, 0.25) is 0 Å². The summed E-state index contributed by atoms with van der Waals surface area (Å²) >= 11 is 0. The number of nitrogens with one attached hydrogen (secondary N) is 1. The van der Waals surface area contributed by atoms with Gasteiger partial charge in [-0.25, -0.2) is 8.78 Å². The summed E-state index contributed by atoms with van der Waals surface area (Å²) in [4.78, 5) is 6.84. The summed E-state index contributed by atoms with van der Waals surface area (Å²) < 4.78 is 26.7. The van der Waals surface area contributed by atoms with Crippen molar-refractivity contribution >= 4 is 5.96 Å². The van der Waals surface area contributed by atoms with Crippen molar-refractivity contribution in [3.05, 3.63) is 35.4 Å². The fraction of sp³-hybridized carbons (Fsp3) is 0.562. The second-order valence-corrected chi connectivity index (χ2v) is 5.46. The van der Waals surface area contributed by atoms with Crippen molar-refractivity contribution in [1.82, 2.24) is 10.2 Å². The third-order valence-electron chi connectivity index (χ3n) is 3.75. The summed E-state index contributed by atoms with van der Waals surface area (Å²) in [5.74, 6) is -0.229. The van der Waals surface area contributed by atoms with E-state index in [9.17, 15) is 8.78 Å². The van der Waals surface area contributed by atoms with E-state index < -0.39 is 11.6 Å². The zero-order chi connectivity index (χ0) is 15.2. The molecule has 1 saturated heterocycles. The van der Waals surface area contributed by atoms with Gasteiger partial charge in [-0.05, 0) is 31.4 Å². The predicted octanol–water partition coefficient (Wildman–Crippen LogP) is 3.13. The first-order chi connectivity index (χ1) is 10.1. The van der Waals surface area contributed by atoms with E-state index in [4.69, 9.17) is 0 Å². The molecule has 1 aromatic rings. The van der Waals surface area contributed by atoms with Crippen LogP contribution in [0.15, 0.2) is 23.2 Å². The van der Waals surface area contributed by atoms with Crippen molar-refractivity contribution in [1.29, 1.82) is 0 Å². The van der Waals surface area contributed by atoms with Crippen LogP contribution in [0.5, 0.6) is 0 Å². The van der Waals surface area contributed by atoms with Crippen LogP contribution in [-0.2, 0) is 0 Å². The van der Waals surface area contributed by atoms with Gasteiger partial charge in [0.25, 0.3) is 0 Å². The van der Waals surface area contributed by atoms with Crippen molar-refractivity contribution in [2.45, 2.75) is 32.6 Å². The molecule has 1 aliphatic rings. The molecular formula is C16H23F2N3. The van der Waals surface area contributed by atoms with E-state index in [1.54, 1.807) is 0 Å². The molecule has 0 aliphatic carbocycles. The van der Waals surface area contributed by atoms with Gasteiger partial charge in [-0.15, -0.1) is 0 Å². The Bertz CT molecular complexity index is 496. The summed E-state index contributed by atoms with van der Waals surface area (Å²) in [5, 5.41) is 3.28. The number of aliphatic imine (C=N–C) groups is 1. The lowest BCUT2D eigenvalue weighted by molar-refractivity contribution is 0.491. The molecule has 0 radical (unpaired) electrons. The molecule has 3 nitrogen and oxygen atoms in total. The lowest BCUT2D eigenvalue weighted by Gasteiger charge is -2.21. The molecule has 0 aromatic heterocycles. The number of hydrogen-bond acceptors (Lipinski definition) is 1. The van der Waals surface area contributed by atoms with E-state index in [0.717, 1.165) is 31.7 Å². The van der Waals surface area contributed by atoms with Crippen molar-refractivity contribution in [2.75, 3.05) is 26.2 Å². The predicted molar refractivity (Wildman–Crippen MR) is 81.6 cm³/mol. The van der Waals surface area contributed by atoms with Crippen molar-refractivity contribution in [3.8, 4) is 0 Å². The van der Waals surface area contributed by atoms with Crippen LogP contribution in [0.4, 0.5) is 8.78 Å². The minimum absolute atomic E-state index is 0.0816. The van der Waals surface area contributed by atoms with E-state index in [1.807, 2.05) is 13.8 Å². The zero-order valence-corrected chi connectivity index (χ0v) is 12.7. The molecule has 0 saturated carbocycles. The van der Waals surface area contributed by atoms with Crippen LogP contribution in [0.3, 0.4) is 0 Å². The molecule has 0 spiro atoms. The molecular weight excluding hydrogens is 272 g/mol. The molecule has 1 N–H and O–H groups in total. The maximum atomic E-state index is 13.8. The Labute approximate surface area is 125 Å². The lowest BCUT2D eigenvalue weighted by Crippen LogP contribution is -2.39. The van der Waals surface area contributed by atoms with E-state index >= 15 is 0 Å². The second kappa shape index (κ2) is 7.38. The van der Waals surface area contributed by atoms with Gasteiger partial charge in [0, 0.05) is 38.2 Å². The average Bonchev–Trinajstić information content (AvgIpc) is 2.97. The molecule has 1 atom stereocenters. The Kier molecular flexibility index (Phi) is 5.53. The summed E-state index contributed by atoms with van der Waals surface area (Å²) in [6.07, 6.45) is 2.37. The fourth-order valence-corrected chi connectivity index (χ4v) is 2.58. The third kappa shape index (κ3) is 4.16. The quantitative estimate of drug-likeness (QED) is 0.682. The van der Waals surface area contributed by atoms with Gasteiger partial charge >= 0.3 is 0 Å². The number of benzene rings is 1. The van der Waals surface area contributed by atoms with Crippen LogP contribution in [-0.4, -0.2) is 37.0 Å². The first-order valence-corrected chi connectivity index (χ1v) is 7.60. The summed E-state index contributed by atoms with van der Waals surface area (Å²) in [7, 11) is 0. The average molecular weight is 295 g/mol. The highest BCUT2D eigenvalue weighted by Gasteiger charge is 2.17. The van der Waals surface area contributed by atoms with Gasteiger partial charge in [-0.3, -0.25) is 4.99 Å². The number of likely N-dealkylation sites (tertiary alicyclic amines) is 1. The van der Waals surface area contributed by atoms with Gasteiger partial charge in [-0.1, -0.05) is 13.0 Å². The maximum absolute atomic E-state index is 13.8. The minimum atomic E-state index is -0.544. The van der Waals surface area contributed by atoms with Crippen molar-refractivity contribution < 1.29 is 8.78 Å². The van der Waals surface area contributed by atoms with Crippen LogP contribution < -0.4 is 5.32 Å². The molecule has 1 heterocycles. The first kappa shape index (κ1) is 15.7. The fourth-order valence-electron chi connectivity index (χ4n) is 2.58. The number of rotatable bonds is 4. The molecule has 1 aromatic carbocycles. The van der Waals surface area contributed by atoms with Gasteiger partial charge < -0.3 is 10.2 Å². The molecule has 1 unspecified atom stereocenters. The largest absolute Gasteiger partial charge is 0.357 e. The molecule has 21 heavy (non-hydrogen) atoms. The van der Waals surface area contributed by atoms with Crippen LogP contribution >= 0.6 is 0 Å². The first-order valence-electron chi connectivity index (χ1n) is 7.60. The number of nitrogens with zero attached hydrogens (tertiary/aromatic N) is 2. The van der Waals surface area contributed by atoms with Crippen LogP contribution in [0.1, 0.15) is 38.2 Å². The second-order valence-electron chi connectivity index (χ2n) is 5.46. The Morgan fingerprint density at radius 1 is 1.33 bits per heavy atom. The Morgan fingerprint density at radius 3 is 2.67 bits per heavy atom. The smallest absolute Gasteiger partial charge is 0.193 e. The van der Waals surface area contributed by atoms with E-state index in [-0.39, 0.29) is 5.92 Å². The van der Waals surface area contributed by atoms with E-state index in [1.165, 1.54) is 25.0 Å². The highest BCUT2D eigenvalue weighted by atomic mass is 19.1. The highest BCUT2D eigenvalue weighted by Crippen LogP contribution is 2.20. The molecule has 1 aliphatic heterocycles. The van der Waals surface area contributed by atoms with Crippen LogP contribution in [0.25, 0.3) is 0 Å². The SMILES string of the molecule is CCNC(=NCC(C)c1ccc(F)cc1F)N1CCCC1. The highest BCUT2D eigenvalue weighted by molar-refractivity contribution is 5.80. The molecule has 5 heteroatoms. The molecule has 0 bridgehead atoms. The number of halogens is 2. The number of hydrogen-bond donors (Lipinski definition) is 1. The van der Waals surface area contributed by atoms with Gasteiger partial charge in [0.15, 0.2) is 5.96 Å². The lowest BCUT2D eigenvalue weighted by atomic mass is 10.0. The van der Waals surface area contributed by atoms with Crippen molar-refractivity contribution in [2.24, 2.45) is 4.99 Å². The Morgan fingerprint density at radius 2 is 2.05 bits per heavy atom. The standard InChI is InChI=1S/C16H23F2N3/c1-3-19-16(21-8-4-5-9-21)20-11-12(2)14-7-6-13(17)10-15(14)18/h6-7,10,12H,3-5,8-9,11H2,1-2H3,(H,19,20). The van der Waals surface area contributed by atoms with E-state index in [2.05, 4.69) is 15.2 Å². The third-order valence-corrected chi connectivity index (χ3v) is 3.75. The Hall–Kier alpha value is -1.65. The normalized spacial score (nSPS) is 17.1. The Balaban J connectivity index is 2.05. The minimum Gasteiger partial charge on any atom is -0.357 e. The number of guanidine groups is 1. The maximum Gasteiger partial charge on any atom is 0.193 e. The molecule has 2 rings (SSSR count). The monoisotopic (exact) mass is 295 g/mol. The van der Waals surface area contributed by atoms with Crippen LogP contribution in [0, 0.1) is 11.6 Å². The zero-order valence-electron chi connectivity index (χ0n) is 12.7. The van der Waals surface area contributed by atoms with E-state index in [0.29, 0.717) is 12.1 Å². The van der Waals surface area contributed by atoms with Crippen molar-refractivity contribution in [3.63, 3.8) is 0 Å². The molecule has 0 amide bonds. The van der Waals surface area contributed by atoms with Gasteiger partial charge in [0.05, 0.1) is 0 Å².